The van der Waals surface area contributed by atoms with Crippen LogP contribution >= 0.6 is 23.5 Å². The average Bonchev–Trinajstić information content (AvgIpc) is 3.45. The van der Waals surface area contributed by atoms with E-state index in [2.05, 4.69) is 20.8 Å². The van der Waals surface area contributed by atoms with Crippen LogP contribution in [-0.4, -0.2) is 89.1 Å². The fourth-order valence-corrected chi connectivity index (χ4v) is 7.85. The number of thioether (sulfide) groups is 2. The summed E-state index contributed by atoms with van der Waals surface area (Å²) in [5.41, 5.74) is 1.70. The van der Waals surface area contributed by atoms with E-state index in [0.29, 0.717) is 28.3 Å². The van der Waals surface area contributed by atoms with Gasteiger partial charge in [-0.1, -0.05) is 11.8 Å². The number of hydrogen-bond acceptors (Lipinski definition) is 11. The highest BCUT2D eigenvalue weighted by Crippen LogP contribution is 2.42. The molecule has 4 aliphatic rings. The number of ether oxygens (including phenoxy) is 1. The van der Waals surface area contributed by atoms with E-state index in [0.717, 1.165) is 4.90 Å². The molecular weight excluding hydrogens is 548 g/mol. The zero-order valence-electron chi connectivity index (χ0n) is 19.1. The Bertz CT molecular complexity index is 1430. The minimum Gasteiger partial charge on any atom is -0.477 e. The maximum Gasteiger partial charge on any atom is 0.352 e. The number of carbonyl (C=O) groups is 3. The molecule has 3 aliphatic heterocycles. The Hall–Kier alpha value is -3.15. The number of amides is 2. The van der Waals surface area contributed by atoms with E-state index in [1.807, 2.05) is 0 Å². The first-order valence-corrected chi connectivity index (χ1v) is 14.4. The quantitative estimate of drug-likeness (QED) is 0.212. The van der Waals surface area contributed by atoms with Gasteiger partial charge in [-0.05, 0) is 51.6 Å². The van der Waals surface area contributed by atoms with Crippen LogP contribution in [0.1, 0.15) is 12.8 Å². The van der Waals surface area contributed by atoms with Crippen LogP contribution in [0.2, 0.25) is 0 Å². The number of rotatable bonds is 8. The first-order valence-electron chi connectivity index (χ1n) is 10.8. The van der Waals surface area contributed by atoms with E-state index >= 15 is 0 Å². The Morgan fingerprint density at radius 2 is 2.16 bits per heavy atom. The lowest BCUT2D eigenvalue weighted by Gasteiger charge is -2.49. The first kappa shape index (κ1) is 25.5. The van der Waals surface area contributed by atoms with Crippen LogP contribution in [0.15, 0.2) is 51.7 Å². The lowest BCUT2D eigenvalue weighted by molar-refractivity contribution is -0.150. The third-order valence-electron chi connectivity index (χ3n) is 6.24. The van der Waals surface area contributed by atoms with Gasteiger partial charge in [-0.25, -0.2) is 9.48 Å². The van der Waals surface area contributed by atoms with Gasteiger partial charge in [0.2, 0.25) is 11.1 Å². The van der Waals surface area contributed by atoms with Crippen LogP contribution in [0.25, 0.3) is 0 Å². The van der Waals surface area contributed by atoms with Crippen molar-refractivity contribution in [3.05, 3.63) is 46.6 Å². The molecule has 1 aromatic rings. The van der Waals surface area contributed by atoms with Gasteiger partial charge in [-0.2, -0.15) is 8.42 Å². The summed E-state index contributed by atoms with van der Waals surface area (Å²) in [5.74, 6) is -2.55. The SMILES string of the molecule is Cn1nnnc1SCC1=C(C(=O)O)N2C(=O)C(NC(=O)C(C3=C4C=COC=C4CC3)S(=O)(=O)O)C2SC1. The van der Waals surface area contributed by atoms with Gasteiger partial charge in [0.1, 0.15) is 17.1 Å². The molecule has 5 rings (SSSR count). The molecule has 3 N–H and O–H groups in total. The highest BCUT2D eigenvalue weighted by Gasteiger charge is 2.55. The van der Waals surface area contributed by atoms with Crippen LogP contribution in [0, 0.1) is 0 Å². The van der Waals surface area contributed by atoms with Crippen molar-refractivity contribution in [1.82, 2.24) is 30.4 Å². The molecule has 3 atom stereocenters. The molecule has 0 bridgehead atoms. The lowest BCUT2D eigenvalue weighted by Crippen LogP contribution is -2.71. The van der Waals surface area contributed by atoms with Crippen molar-refractivity contribution in [3.63, 3.8) is 0 Å². The Balaban J connectivity index is 1.35. The van der Waals surface area contributed by atoms with Crippen molar-refractivity contribution >= 4 is 51.4 Å². The predicted octanol–water partition coefficient (Wildman–Crippen LogP) is -0.185. The summed E-state index contributed by atoms with van der Waals surface area (Å²) in [6.45, 7) is 0. The molecule has 1 aliphatic carbocycles. The lowest BCUT2D eigenvalue weighted by atomic mass is 10.0. The Kier molecular flexibility index (Phi) is 6.63. The topological polar surface area (TPSA) is 194 Å². The Morgan fingerprint density at radius 3 is 2.84 bits per heavy atom. The molecule has 4 heterocycles. The maximum atomic E-state index is 13.1. The second kappa shape index (κ2) is 9.62. The predicted molar refractivity (Wildman–Crippen MR) is 129 cm³/mol. The number of carbonyl (C=O) groups excluding carboxylic acids is 2. The van der Waals surface area contributed by atoms with Gasteiger partial charge in [-0.3, -0.25) is 19.0 Å². The van der Waals surface area contributed by atoms with Gasteiger partial charge < -0.3 is 15.2 Å². The van der Waals surface area contributed by atoms with Crippen LogP contribution in [-0.2, 0) is 36.3 Å². The maximum absolute atomic E-state index is 13.1. The smallest absolute Gasteiger partial charge is 0.352 e. The molecular formula is C20H20N6O8S3. The third-order valence-corrected chi connectivity index (χ3v) is 9.77. The molecule has 0 aromatic carbocycles. The van der Waals surface area contributed by atoms with Gasteiger partial charge in [0.25, 0.3) is 16.0 Å². The second-order valence-electron chi connectivity index (χ2n) is 8.44. The fraction of sp³-hybridized carbons (Fsp3) is 0.400. The summed E-state index contributed by atoms with van der Waals surface area (Å²) < 4.78 is 40.9. The molecule has 37 heavy (non-hydrogen) atoms. The number of carboxylic acid groups (broad SMARTS) is 1. The van der Waals surface area contributed by atoms with Crippen molar-refractivity contribution in [2.45, 2.75) is 34.7 Å². The number of carboxylic acids is 1. The zero-order valence-corrected chi connectivity index (χ0v) is 21.5. The number of aromatic nitrogens is 4. The first-order chi connectivity index (χ1) is 17.6. The molecule has 0 radical (unpaired) electrons. The normalized spacial score (nSPS) is 23.7. The largest absolute Gasteiger partial charge is 0.477 e. The summed E-state index contributed by atoms with van der Waals surface area (Å²) >= 11 is 2.46. The number of nitrogens with one attached hydrogen (secondary N) is 1. The monoisotopic (exact) mass is 568 g/mol. The van der Waals surface area contributed by atoms with Gasteiger partial charge in [-0.15, -0.1) is 16.9 Å². The van der Waals surface area contributed by atoms with Gasteiger partial charge in [0.05, 0.1) is 12.5 Å². The molecule has 2 amide bonds. The summed E-state index contributed by atoms with van der Waals surface area (Å²) in [6.07, 6.45) is 4.96. The Morgan fingerprint density at radius 1 is 1.38 bits per heavy atom. The number of tetrazole rings is 1. The molecule has 17 heteroatoms. The zero-order chi connectivity index (χ0) is 26.5. The molecule has 1 aromatic heterocycles. The third kappa shape index (κ3) is 4.55. The van der Waals surface area contributed by atoms with E-state index in [-0.39, 0.29) is 29.2 Å². The van der Waals surface area contributed by atoms with Crippen LogP contribution < -0.4 is 5.32 Å². The molecule has 196 valence electrons. The molecule has 3 unspecified atom stereocenters. The number of hydrogen-bond donors (Lipinski definition) is 3. The van der Waals surface area contributed by atoms with Crippen molar-refractivity contribution in [1.29, 1.82) is 0 Å². The van der Waals surface area contributed by atoms with E-state index in [1.54, 1.807) is 7.05 Å². The van der Waals surface area contributed by atoms with Gasteiger partial charge in [0.15, 0.2) is 5.25 Å². The van der Waals surface area contributed by atoms with E-state index < -0.39 is 44.6 Å². The van der Waals surface area contributed by atoms with E-state index in [4.69, 9.17) is 4.74 Å². The number of nitrogens with zero attached hydrogens (tertiary/aromatic N) is 5. The van der Waals surface area contributed by atoms with E-state index in [1.165, 1.54) is 46.8 Å². The number of fused-ring (bicyclic) bond motifs is 2. The second-order valence-corrected chi connectivity index (χ2v) is 12.0. The summed E-state index contributed by atoms with van der Waals surface area (Å²) in [7, 11) is -3.22. The molecule has 0 saturated carbocycles. The average molecular weight is 569 g/mol. The van der Waals surface area contributed by atoms with Gasteiger partial charge >= 0.3 is 5.97 Å². The fourth-order valence-electron chi connectivity index (χ4n) is 4.57. The minimum atomic E-state index is -4.87. The van der Waals surface area contributed by atoms with E-state index in [9.17, 15) is 32.5 Å². The van der Waals surface area contributed by atoms with Crippen molar-refractivity contribution < 1.29 is 37.2 Å². The van der Waals surface area contributed by atoms with Crippen molar-refractivity contribution in [3.8, 4) is 0 Å². The molecule has 1 fully saturated rings. The minimum absolute atomic E-state index is 0.184. The molecule has 14 nitrogen and oxygen atoms in total. The molecule has 1 saturated heterocycles. The summed E-state index contributed by atoms with van der Waals surface area (Å²) in [6, 6.07) is -1.15. The van der Waals surface area contributed by atoms with Crippen molar-refractivity contribution in [2.24, 2.45) is 7.05 Å². The van der Waals surface area contributed by atoms with Crippen LogP contribution in [0.4, 0.5) is 0 Å². The standard InChI is InChI=1S/C20H20N6O8S3/c1-25-20(22-23-24-25)36-8-10-7-35-18-13(17(28)26(18)14(10)19(29)30)21-16(27)15(37(31,32)33)12-3-2-9-6-34-5-4-11(9)12/h4-6,13,15,18H,2-3,7-8H2,1H3,(H,21,27)(H,29,30)(H,31,32,33). The molecule has 0 spiro atoms. The number of aliphatic carboxylic acids is 1. The Labute approximate surface area is 218 Å². The summed E-state index contributed by atoms with van der Waals surface area (Å²) in [4.78, 5) is 39.3. The van der Waals surface area contributed by atoms with Gasteiger partial charge in [0, 0.05) is 18.6 Å². The summed E-state index contributed by atoms with van der Waals surface area (Å²) in [5, 5.41) is 21.2. The number of aryl methyl sites for hydroxylation is 1. The van der Waals surface area contributed by atoms with Crippen LogP contribution in [0.3, 0.4) is 0 Å². The number of allylic oxidation sites excluding steroid dienone is 3. The van der Waals surface area contributed by atoms with Crippen LogP contribution in [0.5, 0.6) is 0 Å². The number of β-lactam (4-membered cyclic amide) rings is 1. The van der Waals surface area contributed by atoms with Crippen molar-refractivity contribution in [2.75, 3.05) is 11.5 Å². The highest BCUT2D eigenvalue weighted by molar-refractivity contribution is 8.01. The highest BCUT2D eigenvalue weighted by atomic mass is 32.2.